The summed E-state index contributed by atoms with van der Waals surface area (Å²) in [5, 5.41) is 10.2. The van der Waals surface area contributed by atoms with E-state index in [0.29, 0.717) is 11.8 Å². The van der Waals surface area contributed by atoms with Crippen LogP contribution in [0.3, 0.4) is 0 Å². The van der Waals surface area contributed by atoms with Crippen LogP contribution in [0.5, 0.6) is 0 Å². The van der Waals surface area contributed by atoms with Crippen molar-refractivity contribution < 1.29 is 4.79 Å². The summed E-state index contributed by atoms with van der Waals surface area (Å²) >= 11 is 0. The molecule has 4 N–H and O–H groups in total. The number of halogens is 1. The van der Waals surface area contributed by atoms with Crippen molar-refractivity contribution in [3.8, 4) is 11.3 Å². The summed E-state index contributed by atoms with van der Waals surface area (Å²) in [7, 11) is 0. The van der Waals surface area contributed by atoms with Crippen molar-refractivity contribution in [1.82, 2.24) is 10.2 Å². The second-order valence-corrected chi connectivity index (χ2v) is 7.21. The topological polar surface area (TPSA) is 83.8 Å². The first-order valence-corrected chi connectivity index (χ1v) is 8.87. The minimum Gasteiger partial charge on any atom is -0.327 e. The van der Waals surface area contributed by atoms with Crippen molar-refractivity contribution in [2.75, 3.05) is 5.32 Å². The van der Waals surface area contributed by atoms with Gasteiger partial charge in [-0.15, -0.1) is 12.4 Å². The number of carbonyl (C=O) groups excluding carboxylic acids is 1. The number of nitrogens with zero attached hydrogens (tertiary/aromatic N) is 1. The molecular weight excluding hydrogens is 336 g/mol. The molecule has 134 valence electrons. The molecule has 2 unspecified atom stereocenters. The Morgan fingerprint density at radius 3 is 2.52 bits per heavy atom. The largest absolute Gasteiger partial charge is 0.327 e. The molecule has 2 fully saturated rings. The standard InChI is InChI=1S/C19H24N4O.ClH/c20-17-13-7-4-8-14(17)10-15(9-13)19(24)22-16-11-21-23-18(16)12-5-2-1-3-6-12;/h1-3,5-6,11,13-15,17H,4,7-10,20H2,(H,21,23)(H,22,24);1H. The average Bonchev–Trinajstić information content (AvgIpc) is 3.03. The number of fused-ring (bicyclic) bond motifs is 2. The predicted molar refractivity (Wildman–Crippen MR) is 101 cm³/mol. The minimum absolute atomic E-state index is 0. The molecule has 2 atom stereocenters. The van der Waals surface area contributed by atoms with Crippen LogP contribution >= 0.6 is 12.4 Å². The maximum absolute atomic E-state index is 12.8. The number of aromatic nitrogens is 2. The molecule has 4 rings (SSSR count). The predicted octanol–water partition coefficient (Wildman–Crippen LogP) is 3.59. The molecule has 6 heteroatoms. The smallest absolute Gasteiger partial charge is 0.227 e. The summed E-state index contributed by atoms with van der Waals surface area (Å²) in [6, 6.07) is 10.2. The first kappa shape index (κ1) is 18.0. The minimum atomic E-state index is 0. The molecule has 2 aromatic rings. The third-order valence-corrected chi connectivity index (χ3v) is 5.74. The van der Waals surface area contributed by atoms with Crippen LogP contribution in [0.4, 0.5) is 5.69 Å². The van der Waals surface area contributed by atoms with E-state index in [-0.39, 0.29) is 30.3 Å². The zero-order valence-electron chi connectivity index (χ0n) is 14.2. The van der Waals surface area contributed by atoms with Crippen molar-refractivity contribution in [2.45, 2.75) is 38.1 Å². The normalized spacial score (nSPS) is 28.0. The fourth-order valence-electron chi connectivity index (χ4n) is 4.44. The van der Waals surface area contributed by atoms with Gasteiger partial charge in [-0.1, -0.05) is 36.8 Å². The zero-order chi connectivity index (χ0) is 16.5. The van der Waals surface area contributed by atoms with Gasteiger partial charge in [-0.05, 0) is 37.5 Å². The fraction of sp³-hybridized carbons (Fsp3) is 0.474. The first-order valence-electron chi connectivity index (χ1n) is 8.87. The molecular formula is C19H25ClN4O. The van der Waals surface area contributed by atoms with Crippen LogP contribution in [0.15, 0.2) is 36.5 Å². The van der Waals surface area contributed by atoms with E-state index < -0.39 is 0 Å². The van der Waals surface area contributed by atoms with Crippen molar-refractivity contribution >= 4 is 24.0 Å². The summed E-state index contributed by atoms with van der Waals surface area (Å²) in [6.45, 7) is 0. The molecule has 1 aromatic carbocycles. The number of nitrogens with one attached hydrogen (secondary N) is 2. The van der Waals surface area contributed by atoms with Crippen LogP contribution in [0.25, 0.3) is 11.3 Å². The second kappa shape index (κ2) is 7.58. The third kappa shape index (κ3) is 3.58. The van der Waals surface area contributed by atoms with E-state index >= 15 is 0 Å². The summed E-state index contributed by atoms with van der Waals surface area (Å²) in [4.78, 5) is 12.8. The van der Waals surface area contributed by atoms with E-state index in [1.54, 1.807) is 6.20 Å². The number of anilines is 1. The van der Waals surface area contributed by atoms with E-state index in [2.05, 4.69) is 15.5 Å². The Bertz CT molecular complexity index is 703. The van der Waals surface area contributed by atoms with E-state index in [1.807, 2.05) is 30.3 Å². The second-order valence-electron chi connectivity index (χ2n) is 7.21. The molecule has 1 heterocycles. The van der Waals surface area contributed by atoms with Crippen LogP contribution in [0.1, 0.15) is 32.1 Å². The lowest BCUT2D eigenvalue weighted by Crippen LogP contribution is -2.48. The van der Waals surface area contributed by atoms with E-state index in [1.165, 1.54) is 19.3 Å². The highest BCUT2D eigenvalue weighted by Crippen LogP contribution is 2.42. The molecule has 1 aromatic heterocycles. The number of hydrogen-bond acceptors (Lipinski definition) is 3. The summed E-state index contributed by atoms with van der Waals surface area (Å²) in [5.41, 5.74) is 8.97. The highest BCUT2D eigenvalue weighted by atomic mass is 35.5. The van der Waals surface area contributed by atoms with Gasteiger partial charge in [-0.25, -0.2) is 0 Å². The van der Waals surface area contributed by atoms with Gasteiger partial charge in [-0.3, -0.25) is 9.89 Å². The summed E-state index contributed by atoms with van der Waals surface area (Å²) in [6.07, 6.45) is 7.13. The van der Waals surface area contributed by atoms with Crippen molar-refractivity contribution in [2.24, 2.45) is 23.5 Å². The Morgan fingerprint density at radius 2 is 1.84 bits per heavy atom. The van der Waals surface area contributed by atoms with E-state index in [4.69, 9.17) is 5.73 Å². The van der Waals surface area contributed by atoms with Crippen LogP contribution in [-0.4, -0.2) is 22.1 Å². The van der Waals surface area contributed by atoms with Crippen molar-refractivity contribution in [3.05, 3.63) is 36.5 Å². The SMILES string of the molecule is Cl.NC1C2CCCC1CC(C(=O)Nc1cn[nH]c1-c1ccccc1)C2. The van der Waals surface area contributed by atoms with Gasteiger partial charge in [0, 0.05) is 17.5 Å². The van der Waals surface area contributed by atoms with Gasteiger partial charge in [0.2, 0.25) is 5.91 Å². The molecule has 5 nitrogen and oxygen atoms in total. The quantitative estimate of drug-likeness (QED) is 0.782. The number of amides is 1. The fourth-order valence-corrected chi connectivity index (χ4v) is 4.44. The van der Waals surface area contributed by atoms with Crippen LogP contribution in [0.2, 0.25) is 0 Å². The number of rotatable bonds is 3. The lowest BCUT2D eigenvalue weighted by molar-refractivity contribution is -0.122. The third-order valence-electron chi connectivity index (χ3n) is 5.74. The molecule has 2 bridgehead atoms. The Hall–Kier alpha value is -1.85. The number of H-pyrrole nitrogens is 1. The maximum atomic E-state index is 12.8. The Balaban J connectivity index is 0.00000182. The number of carbonyl (C=O) groups is 1. The first-order chi connectivity index (χ1) is 11.7. The van der Waals surface area contributed by atoms with E-state index in [9.17, 15) is 4.79 Å². The highest BCUT2D eigenvalue weighted by molar-refractivity contribution is 5.96. The molecule has 0 saturated heterocycles. The Kier molecular flexibility index (Phi) is 5.45. The molecule has 0 spiro atoms. The van der Waals surface area contributed by atoms with Gasteiger partial charge in [-0.2, -0.15) is 5.10 Å². The Labute approximate surface area is 154 Å². The van der Waals surface area contributed by atoms with Gasteiger partial charge in [0.05, 0.1) is 17.6 Å². The highest BCUT2D eigenvalue weighted by Gasteiger charge is 2.40. The van der Waals surface area contributed by atoms with Gasteiger partial charge in [0.25, 0.3) is 0 Å². The van der Waals surface area contributed by atoms with Gasteiger partial charge in [0.1, 0.15) is 0 Å². The average molecular weight is 361 g/mol. The molecule has 2 aliphatic carbocycles. The van der Waals surface area contributed by atoms with Crippen LogP contribution in [-0.2, 0) is 4.79 Å². The monoisotopic (exact) mass is 360 g/mol. The van der Waals surface area contributed by atoms with Gasteiger partial charge < -0.3 is 11.1 Å². The van der Waals surface area contributed by atoms with E-state index in [0.717, 1.165) is 29.8 Å². The molecule has 0 aliphatic heterocycles. The zero-order valence-corrected chi connectivity index (χ0v) is 15.0. The molecule has 25 heavy (non-hydrogen) atoms. The van der Waals surface area contributed by atoms with Gasteiger partial charge in [0.15, 0.2) is 0 Å². The number of aromatic amines is 1. The lowest BCUT2D eigenvalue weighted by atomic mass is 9.65. The van der Waals surface area contributed by atoms with Gasteiger partial charge >= 0.3 is 0 Å². The summed E-state index contributed by atoms with van der Waals surface area (Å²) < 4.78 is 0. The number of hydrogen-bond donors (Lipinski definition) is 3. The molecule has 2 saturated carbocycles. The van der Waals surface area contributed by atoms with Crippen LogP contribution < -0.4 is 11.1 Å². The van der Waals surface area contributed by atoms with Crippen molar-refractivity contribution in [3.63, 3.8) is 0 Å². The summed E-state index contributed by atoms with van der Waals surface area (Å²) in [5.74, 6) is 1.19. The number of benzene rings is 1. The molecule has 1 amide bonds. The lowest BCUT2D eigenvalue weighted by Gasteiger charge is -2.43. The Morgan fingerprint density at radius 1 is 1.16 bits per heavy atom. The molecule has 0 radical (unpaired) electrons. The van der Waals surface area contributed by atoms with Crippen LogP contribution in [0, 0.1) is 17.8 Å². The number of nitrogens with two attached hydrogens (primary N) is 1. The van der Waals surface area contributed by atoms with Crippen molar-refractivity contribution in [1.29, 1.82) is 0 Å². The maximum Gasteiger partial charge on any atom is 0.227 e. The molecule has 2 aliphatic rings.